The predicted octanol–water partition coefficient (Wildman–Crippen LogP) is 2.77. The normalized spacial score (nSPS) is 11.7. The zero-order valence-corrected chi connectivity index (χ0v) is 10.1. The average molecular weight is 315 g/mol. The Kier molecular flexibility index (Phi) is 4.56. The van der Waals surface area contributed by atoms with Crippen LogP contribution in [0, 0.1) is 10.1 Å². The van der Waals surface area contributed by atoms with Crippen LogP contribution in [0.25, 0.3) is 4.85 Å². The summed E-state index contributed by atoms with van der Waals surface area (Å²) in [6.45, 7) is 6.92. The number of carboxylic acids is 1. The second-order valence-electron chi connectivity index (χ2n) is 3.12. The number of nitrogens with zero attached hydrogens (tertiary/aromatic N) is 1. The summed E-state index contributed by atoms with van der Waals surface area (Å²) in [6.07, 6.45) is 0.374. The molecule has 0 amide bonds. The molecule has 0 heterocycles. The second kappa shape index (κ2) is 5.71. The molecule has 0 fully saturated rings. The molecule has 0 saturated carbocycles. The van der Waals surface area contributed by atoms with Gasteiger partial charge in [-0.25, -0.2) is 6.57 Å². The molecule has 1 unspecified atom stereocenters. The molecule has 0 spiro atoms. The maximum Gasteiger partial charge on any atom is 0.311 e. The van der Waals surface area contributed by atoms with Crippen molar-refractivity contribution in [1.82, 2.24) is 0 Å². The Bertz CT molecular complexity index is 398. The molecule has 78 valence electrons. The zero-order chi connectivity index (χ0) is 11.3. The van der Waals surface area contributed by atoms with Crippen LogP contribution in [0.2, 0.25) is 0 Å². The molecule has 0 aliphatic rings. The van der Waals surface area contributed by atoms with Gasteiger partial charge in [0.1, 0.15) is 0 Å². The molecule has 1 rings (SSSR count). The van der Waals surface area contributed by atoms with Gasteiger partial charge in [0.15, 0.2) is 0 Å². The fourth-order valence-corrected chi connectivity index (χ4v) is 1.92. The molecular weight excluding hydrogens is 305 g/mol. The topological polar surface area (TPSA) is 41.7 Å². The third kappa shape index (κ3) is 3.51. The van der Waals surface area contributed by atoms with E-state index in [2.05, 4.69) is 27.4 Å². The van der Waals surface area contributed by atoms with E-state index in [4.69, 9.17) is 11.7 Å². The van der Waals surface area contributed by atoms with Crippen LogP contribution < -0.4 is 0 Å². The fourth-order valence-electron chi connectivity index (χ4n) is 1.35. The lowest BCUT2D eigenvalue weighted by molar-refractivity contribution is -0.138. The van der Waals surface area contributed by atoms with E-state index in [9.17, 15) is 4.79 Å². The number of hydrogen-bond donors (Lipinski definition) is 1. The number of carbonyl (C=O) groups is 1. The van der Waals surface area contributed by atoms with Gasteiger partial charge < -0.3 is 9.95 Å². The second-order valence-corrected chi connectivity index (χ2v) is 4.36. The maximum atomic E-state index is 11.0. The van der Waals surface area contributed by atoms with Gasteiger partial charge in [0.25, 0.3) is 0 Å². The summed E-state index contributed by atoms with van der Waals surface area (Å²) in [7, 11) is 0. The predicted molar refractivity (Wildman–Crippen MR) is 65.6 cm³/mol. The van der Waals surface area contributed by atoms with Crippen molar-refractivity contribution >= 4 is 28.6 Å². The quantitative estimate of drug-likeness (QED) is 0.686. The molecule has 1 N–H and O–H groups in total. The number of benzene rings is 1. The lowest BCUT2D eigenvalue weighted by Gasteiger charge is -2.09. The Balaban J connectivity index is 2.89. The number of rotatable bonds is 4. The van der Waals surface area contributed by atoms with E-state index in [1.54, 1.807) is 6.07 Å². The van der Waals surface area contributed by atoms with Crippen LogP contribution in [0.3, 0.4) is 0 Å². The molecule has 3 nitrogen and oxygen atoms in total. The zero-order valence-electron chi connectivity index (χ0n) is 7.98. The molecule has 1 atom stereocenters. The average Bonchev–Trinajstić information content (AvgIpc) is 2.18. The first-order chi connectivity index (χ1) is 7.15. The van der Waals surface area contributed by atoms with Gasteiger partial charge >= 0.3 is 5.97 Å². The highest BCUT2D eigenvalue weighted by Gasteiger charge is 2.20. The number of halogens is 1. The van der Waals surface area contributed by atoms with Crippen molar-refractivity contribution in [3.63, 3.8) is 0 Å². The van der Waals surface area contributed by atoms with Crippen molar-refractivity contribution < 1.29 is 9.90 Å². The largest absolute Gasteiger partial charge is 0.481 e. The van der Waals surface area contributed by atoms with Gasteiger partial charge in [0, 0.05) is 9.99 Å². The smallest absolute Gasteiger partial charge is 0.311 e. The summed E-state index contributed by atoms with van der Waals surface area (Å²) in [4.78, 5) is 14.2. The van der Waals surface area contributed by atoms with Crippen LogP contribution in [0.15, 0.2) is 24.3 Å². The highest BCUT2D eigenvalue weighted by molar-refractivity contribution is 14.1. The first-order valence-corrected chi connectivity index (χ1v) is 5.54. The highest BCUT2D eigenvalue weighted by atomic mass is 127. The van der Waals surface area contributed by atoms with E-state index >= 15 is 0 Å². The summed E-state index contributed by atoms with van der Waals surface area (Å²) in [6, 6.07) is 7.40. The fraction of sp³-hybridized carbons (Fsp3) is 0.273. The van der Waals surface area contributed by atoms with Crippen LogP contribution in [0.4, 0.5) is 0 Å². The van der Waals surface area contributed by atoms with E-state index in [1.807, 2.05) is 18.2 Å². The van der Waals surface area contributed by atoms with Crippen LogP contribution in [0.1, 0.15) is 17.9 Å². The molecule has 0 aliphatic heterocycles. The van der Waals surface area contributed by atoms with E-state index in [-0.39, 0.29) is 6.54 Å². The highest BCUT2D eigenvalue weighted by Crippen LogP contribution is 2.21. The monoisotopic (exact) mass is 315 g/mol. The summed E-state index contributed by atoms with van der Waals surface area (Å²) in [5, 5.41) is 9.04. The minimum absolute atomic E-state index is 0.252. The SMILES string of the molecule is [C-]#[N+]CCC(C(=O)O)c1cccc(I)c1. The Hall–Kier alpha value is -1.09. The molecule has 15 heavy (non-hydrogen) atoms. The van der Waals surface area contributed by atoms with Crippen molar-refractivity contribution in [2.75, 3.05) is 6.54 Å². The summed E-state index contributed by atoms with van der Waals surface area (Å²) in [5.41, 5.74) is 0.776. The summed E-state index contributed by atoms with van der Waals surface area (Å²) < 4.78 is 1.01. The molecule has 0 bridgehead atoms. The Morgan fingerprint density at radius 3 is 2.87 bits per heavy atom. The molecule has 0 aliphatic carbocycles. The summed E-state index contributed by atoms with van der Waals surface area (Å²) >= 11 is 2.15. The van der Waals surface area contributed by atoms with E-state index < -0.39 is 11.9 Å². The molecule has 4 heteroatoms. The van der Waals surface area contributed by atoms with Gasteiger partial charge in [0.05, 0.1) is 5.92 Å². The molecule has 1 aromatic carbocycles. The van der Waals surface area contributed by atoms with Crippen LogP contribution in [-0.4, -0.2) is 17.6 Å². The molecule has 0 radical (unpaired) electrons. The maximum absolute atomic E-state index is 11.0. The third-order valence-corrected chi connectivity index (χ3v) is 2.75. The molecule has 0 aromatic heterocycles. The lowest BCUT2D eigenvalue weighted by atomic mass is 9.96. The first-order valence-electron chi connectivity index (χ1n) is 4.46. The number of aliphatic carboxylic acids is 1. The Labute approximate surface area is 102 Å². The first kappa shape index (κ1) is 12.0. The number of carboxylic acid groups (broad SMARTS) is 1. The molecule has 0 saturated heterocycles. The van der Waals surface area contributed by atoms with Crippen LogP contribution >= 0.6 is 22.6 Å². The van der Waals surface area contributed by atoms with Gasteiger partial charge in [0.2, 0.25) is 6.54 Å². The Morgan fingerprint density at radius 1 is 1.60 bits per heavy atom. The molecule has 1 aromatic rings. The van der Waals surface area contributed by atoms with Crippen molar-refractivity contribution in [2.24, 2.45) is 0 Å². The van der Waals surface area contributed by atoms with Gasteiger partial charge in [-0.2, -0.15) is 0 Å². The third-order valence-electron chi connectivity index (χ3n) is 2.08. The van der Waals surface area contributed by atoms with Crippen LogP contribution in [0.5, 0.6) is 0 Å². The Morgan fingerprint density at radius 2 is 2.33 bits per heavy atom. The van der Waals surface area contributed by atoms with Crippen LogP contribution in [-0.2, 0) is 4.79 Å². The van der Waals surface area contributed by atoms with E-state index in [0.717, 1.165) is 9.13 Å². The van der Waals surface area contributed by atoms with Gasteiger partial charge in [-0.3, -0.25) is 4.79 Å². The van der Waals surface area contributed by atoms with Crippen molar-refractivity contribution in [1.29, 1.82) is 0 Å². The lowest BCUT2D eigenvalue weighted by Crippen LogP contribution is -2.12. The van der Waals surface area contributed by atoms with Crippen molar-refractivity contribution in [3.05, 3.63) is 44.8 Å². The van der Waals surface area contributed by atoms with Crippen molar-refractivity contribution in [3.8, 4) is 0 Å². The van der Waals surface area contributed by atoms with E-state index in [0.29, 0.717) is 6.42 Å². The minimum Gasteiger partial charge on any atom is -0.481 e. The van der Waals surface area contributed by atoms with Gasteiger partial charge in [-0.05, 0) is 40.3 Å². The minimum atomic E-state index is -0.861. The standard InChI is InChI=1S/C11H10INO2/c1-13-6-5-10(11(14)15)8-3-2-4-9(12)7-8/h2-4,7,10H,5-6H2,(H,14,15). The van der Waals surface area contributed by atoms with Gasteiger partial charge in [-0.15, -0.1) is 0 Å². The summed E-state index contributed by atoms with van der Waals surface area (Å²) in [5.74, 6) is -1.42. The van der Waals surface area contributed by atoms with E-state index in [1.165, 1.54) is 0 Å². The van der Waals surface area contributed by atoms with Gasteiger partial charge in [-0.1, -0.05) is 12.1 Å². The molecular formula is C11H10INO2. The number of hydrogen-bond acceptors (Lipinski definition) is 1. The van der Waals surface area contributed by atoms with Crippen molar-refractivity contribution in [2.45, 2.75) is 12.3 Å².